The molecule has 0 aliphatic heterocycles. The Kier molecular flexibility index (Phi) is 13.2. The second-order valence-corrected chi connectivity index (χ2v) is 2.33. The number of hydrogen-bond donors (Lipinski definition) is 0. The van der Waals surface area contributed by atoms with E-state index < -0.39 is 0 Å². The van der Waals surface area contributed by atoms with Crippen molar-refractivity contribution in [3.05, 3.63) is 48.6 Å². The Morgan fingerprint density at radius 3 is 2.00 bits per heavy atom. The molecule has 0 saturated heterocycles. The Morgan fingerprint density at radius 1 is 1.07 bits per heavy atom. The van der Waals surface area contributed by atoms with E-state index in [4.69, 9.17) is 0 Å². The number of allylic oxidation sites excluding steroid dienone is 6. The zero-order valence-electron chi connectivity index (χ0n) is 10.1. The van der Waals surface area contributed by atoms with Gasteiger partial charge in [-0.3, -0.25) is 0 Å². The molecule has 0 atom stereocenters. The summed E-state index contributed by atoms with van der Waals surface area (Å²) in [6.07, 6.45) is 10.3. The maximum Gasteiger partial charge on any atom is -0.0234 e. The molecule has 0 aromatic carbocycles. The van der Waals surface area contributed by atoms with Crippen LogP contribution in [0.15, 0.2) is 48.6 Å². The minimum atomic E-state index is 1.11. The van der Waals surface area contributed by atoms with Crippen molar-refractivity contribution in [2.45, 2.75) is 40.5 Å². The van der Waals surface area contributed by atoms with E-state index in [1.54, 1.807) is 0 Å². The van der Waals surface area contributed by atoms with Crippen LogP contribution >= 0.6 is 0 Å². The van der Waals surface area contributed by atoms with E-state index in [9.17, 15) is 0 Å². The summed E-state index contributed by atoms with van der Waals surface area (Å²) < 4.78 is 0. The maximum absolute atomic E-state index is 3.74. The molecule has 0 fully saturated rings. The first-order valence-electron chi connectivity index (χ1n) is 5.53. The lowest BCUT2D eigenvalue weighted by Gasteiger charge is -2.08. The van der Waals surface area contributed by atoms with Crippen molar-refractivity contribution in [2.24, 2.45) is 0 Å². The summed E-state index contributed by atoms with van der Waals surface area (Å²) >= 11 is 0. The maximum atomic E-state index is 3.74. The van der Waals surface area contributed by atoms with Gasteiger partial charge in [0.25, 0.3) is 0 Å². The topological polar surface area (TPSA) is 0 Å². The molecule has 0 spiro atoms. The summed E-state index contributed by atoms with van der Waals surface area (Å²) in [5, 5.41) is 0. The van der Waals surface area contributed by atoms with Crippen LogP contribution in [-0.2, 0) is 0 Å². The Bertz CT molecular complexity index is 204. The monoisotopic (exact) mass is 192 g/mol. The van der Waals surface area contributed by atoms with Crippen molar-refractivity contribution in [2.75, 3.05) is 0 Å². The van der Waals surface area contributed by atoms with Crippen molar-refractivity contribution in [1.82, 2.24) is 0 Å². The van der Waals surface area contributed by atoms with Gasteiger partial charge in [0.1, 0.15) is 0 Å². The van der Waals surface area contributed by atoms with Crippen LogP contribution < -0.4 is 0 Å². The van der Waals surface area contributed by atoms with Crippen LogP contribution in [0.4, 0.5) is 0 Å². The van der Waals surface area contributed by atoms with Crippen molar-refractivity contribution in [3.63, 3.8) is 0 Å². The van der Waals surface area contributed by atoms with E-state index in [1.807, 2.05) is 39.8 Å². The summed E-state index contributed by atoms with van der Waals surface area (Å²) in [6.45, 7) is 15.5. The molecule has 0 N–H and O–H groups in total. The van der Waals surface area contributed by atoms with Gasteiger partial charge < -0.3 is 0 Å². The predicted molar refractivity (Wildman–Crippen MR) is 68.5 cm³/mol. The molecular formula is C14H24. The molecule has 0 unspecified atom stereocenters. The van der Waals surface area contributed by atoms with Gasteiger partial charge in [0.15, 0.2) is 0 Å². The van der Waals surface area contributed by atoms with Crippen molar-refractivity contribution in [1.29, 1.82) is 0 Å². The largest absolute Gasteiger partial charge is 0.0988 e. The molecule has 0 aromatic heterocycles. The predicted octanol–water partition coefficient (Wildman–Crippen LogP) is 5.06. The third kappa shape index (κ3) is 5.58. The first-order chi connectivity index (χ1) is 6.88. The SMILES string of the molecule is C=CC1=C(C=C)CCC=C1.CC.CC. The normalized spacial score (nSPS) is 13.1. The van der Waals surface area contributed by atoms with Gasteiger partial charge in [-0.05, 0) is 24.0 Å². The lowest BCUT2D eigenvalue weighted by Crippen LogP contribution is -1.88. The van der Waals surface area contributed by atoms with E-state index in [0.717, 1.165) is 12.8 Å². The first kappa shape index (κ1) is 15.4. The van der Waals surface area contributed by atoms with E-state index in [1.165, 1.54) is 11.1 Å². The van der Waals surface area contributed by atoms with Crippen LogP contribution in [0, 0.1) is 0 Å². The summed E-state index contributed by atoms with van der Waals surface area (Å²) in [7, 11) is 0. The van der Waals surface area contributed by atoms with Crippen molar-refractivity contribution < 1.29 is 0 Å². The van der Waals surface area contributed by atoms with E-state index in [-0.39, 0.29) is 0 Å². The van der Waals surface area contributed by atoms with Gasteiger partial charge in [-0.1, -0.05) is 65.2 Å². The molecule has 80 valence electrons. The second-order valence-electron chi connectivity index (χ2n) is 2.33. The molecule has 0 heteroatoms. The number of rotatable bonds is 2. The van der Waals surface area contributed by atoms with E-state index in [0.29, 0.717) is 0 Å². The molecular weight excluding hydrogens is 168 g/mol. The van der Waals surface area contributed by atoms with Crippen LogP contribution in [0.2, 0.25) is 0 Å². The van der Waals surface area contributed by atoms with Crippen LogP contribution in [0.3, 0.4) is 0 Å². The van der Waals surface area contributed by atoms with E-state index in [2.05, 4.69) is 25.3 Å². The molecule has 0 aromatic rings. The lowest BCUT2D eigenvalue weighted by atomic mass is 9.98. The standard InChI is InChI=1S/C10H12.2C2H6/c1-3-9-7-5-6-8-10(9)4-2;2*1-2/h3-5,7H,1-2,6,8H2;2*1-2H3. The molecule has 1 rings (SSSR count). The number of hydrogen-bond acceptors (Lipinski definition) is 0. The molecule has 0 amide bonds. The minimum Gasteiger partial charge on any atom is -0.0988 e. The van der Waals surface area contributed by atoms with Crippen LogP contribution in [-0.4, -0.2) is 0 Å². The summed E-state index contributed by atoms with van der Waals surface area (Å²) in [4.78, 5) is 0. The summed E-state index contributed by atoms with van der Waals surface area (Å²) in [5.74, 6) is 0. The fourth-order valence-corrected chi connectivity index (χ4v) is 1.12. The highest BCUT2D eigenvalue weighted by atomic mass is 14.1. The van der Waals surface area contributed by atoms with Gasteiger partial charge in [0.05, 0.1) is 0 Å². The smallest absolute Gasteiger partial charge is 0.0234 e. The lowest BCUT2D eigenvalue weighted by molar-refractivity contribution is 0.979. The summed E-state index contributed by atoms with van der Waals surface area (Å²) in [6, 6.07) is 0. The van der Waals surface area contributed by atoms with Crippen LogP contribution in [0.25, 0.3) is 0 Å². The highest BCUT2D eigenvalue weighted by Crippen LogP contribution is 2.19. The fourth-order valence-electron chi connectivity index (χ4n) is 1.12. The van der Waals surface area contributed by atoms with Gasteiger partial charge in [-0.15, -0.1) is 0 Å². The molecule has 0 bridgehead atoms. The van der Waals surface area contributed by atoms with Gasteiger partial charge in [-0.25, -0.2) is 0 Å². The minimum absolute atomic E-state index is 1.11. The average Bonchev–Trinajstić information content (AvgIpc) is 2.34. The molecule has 1 aliphatic carbocycles. The Hall–Kier alpha value is -1.04. The zero-order chi connectivity index (χ0) is 11.4. The van der Waals surface area contributed by atoms with Crippen molar-refractivity contribution in [3.8, 4) is 0 Å². The molecule has 0 radical (unpaired) electrons. The highest BCUT2D eigenvalue weighted by Gasteiger charge is 2.00. The van der Waals surface area contributed by atoms with Crippen LogP contribution in [0.1, 0.15) is 40.5 Å². The average molecular weight is 192 g/mol. The Morgan fingerprint density at radius 2 is 1.64 bits per heavy atom. The Balaban J connectivity index is 0. The van der Waals surface area contributed by atoms with E-state index >= 15 is 0 Å². The molecule has 0 heterocycles. The van der Waals surface area contributed by atoms with Crippen molar-refractivity contribution >= 4 is 0 Å². The fraction of sp³-hybridized carbons (Fsp3) is 0.429. The Labute approximate surface area is 89.7 Å². The highest BCUT2D eigenvalue weighted by molar-refractivity contribution is 5.41. The quantitative estimate of drug-likeness (QED) is 0.574. The molecule has 0 saturated carbocycles. The van der Waals surface area contributed by atoms with Gasteiger partial charge >= 0.3 is 0 Å². The molecule has 0 nitrogen and oxygen atoms in total. The third-order valence-corrected chi connectivity index (χ3v) is 1.71. The molecule has 14 heavy (non-hydrogen) atoms. The van der Waals surface area contributed by atoms with Gasteiger partial charge in [0.2, 0.25) is 0 Å². The molecule has 1 aliphatic rings. The second kappa shape index (κ2) is 12.0. The van der Waals surface area contributed by atoms with Gasteiger partial charge in [-0.2, -0.15) is 0 Å². The van der Waals surface area contributed by atoms with Crippen LogP contribution in [0.5, 0.6) is 0 Å². The summed E-state index contributed by atoms with van der Waals surface area (Å²) in [5.41, 5.74) is 2.54. The first-order valence-corrected chi connectivity index (χ1v) is 5.53. The zero-order valence-corrected chi connectivity index (χ0v) is 10.1. The third-order valence-electron chi connectivity index (χ3n) is 1.71. The van der Waals surface area contributed by atoms with Gasteiger partial charge in [0, 0.05) is 0 Å².